The zero-order valence-corrected chi connectivity index (χ0v) is 20.6. The van der Waals surface area contributed by atoms with Crippen LogP contribution in [0.15, 0.2) is 60.1 Å². The number of H-pyrrole nitrogens is 1. The van der Waals surface area contributed by atoms with Gasteiger partial charge in [-0.3, -0.25) is 9.81 Å². The van der Waals surface area contributed by atoms with E-state index in [9.17, 15) is 0 Å². The molecule has 0 spiro atoms. The Kier molecular flexibility index (Phi) is 6.71. The van der Waals surface area contributed by atoms with E-state index in [-0.39, 0.29) is 11.9 Å². The quantitative estimate of drug-likeness (QED) is 0.113. The van der Waals surface area contributed by atoms with E-state index in [2.05, 4.69) is 39.2 Å². The molecule has 11 heteroatoms. The lowest BCUT2D eigenvalue weighted by Gasteiger charge is -2.33. The van der Waals surface area contributed by atoms with Gasteiger partial charge in [0.25, 0.3) is 0 Å². The molecule has 0 saturated carbocycles. The molecule has 1 saturated heterocycles. The summed E-state index contributed by atoms with van der Waals surface area (Å²) >= 11 is 0. The monoisotopic (exact) mass is 498 g/mol. The van der Waals surface area contributed by atoms with Crippen LogP contribution in [0.4, 0.5) is 0 Å². The molecule has 1 aromatic carbocycles. The summed E-state index contributed by atoms with van der Waals surface area (Å²) in [4.78, 5) is 7.38. The van der Waals surface area contributed by atoms with Crippen LogP contribution in [0.25, 0.3) is 33.7 Å². The number of nitrogens with one attached hydrogen (secondary N) is 2. The summed E-state index contributed by atoms with van der Waals surface area (Å²) in [6.07, 6.45) is 7.70. The Morgan fingerprint density at radius 2 is 2.03 bits per heavy atom. The van der Waals surface area contributed by atoms with Crippen LogP contribution in [0.3, 0.4) is 0 Å². The summed E-state index contributed by atoms with van der Waals surface area (Å²) in [6, 6.07) is 12.3. The lowest BCUT2D eigenvalue weighted by molar-refractivity contribution is 0.0524. The molecular weight excluding hydrogens is 468 g/mol. The maximum Gasteiger partial charge on any atom is 0.160 e. The lowest BCUT2D eigenvalue weighted by Crippen LogP contribution is -2.43. The predicted octanol–water partition coefficient (Wildman–Crippen LogP) is 2.62. The number of hydrogen-bond donors (Lipinski definition) is 5. The summed E-state index contributed by atoms with van der Waals surface area (Å²) in [7, 11) is 0. The second kappa shape index (κ2) is 10.2. The van der Waals surface area contributed by atoms with Gasteiger partial charge in [0, 0.05) is 48.5 Å². The van der Waals surface area contributed by atoms with E-state index < -0.39 is 0 Å². The van der Waals surface area contributed by atoms with Crippen molar-refractivity contribution >= 4 is 23.5 Å². The molecule has 0 bridgehead atoms. The summed E-state index contributed by atoms with van der Waals surface area (Å²) in [5.74, 6) is 6.72. The number of rotatable bonds is 7. The highest BCUT2D eigenvalue weighted by atomic mass is 16.5. The number of hydrogen-bond acceptors (Lipinski definition) is 7. The molecule has 11 nitrogen and oxygen atoms in total. The van der Waals surface area contributed by atoms with Crippen molar-refractivity contribution in [3.8, 4) is 22.4 Å². The van der Waals surface area contributed by atoms with Crippen molar-refractivity contribution in [1.82, 2.24) is 24.6 Å². The minimum absolute atomic E-state index is 0.0783. The van der Waals surface area contributed by atoms with Crippen molar-refractivity contribution in [2.75, 3.05) is 13.2 Å². The van der Waals surface area contributed by atoms with Gasteiger partial charge in [-0.05, 0) is 54.7 Å². The minimum Gasteiger partial charge on any atom is -0.403 e. The van der Waals surface area contributed by atoms with Gasteiger partial charge >= 0.3 is 0 Å². The van der Waals surface area contributed by atoms with Gasteiger partial charge < -0.3 is 26.2 Å². The number of benzene rings is 1. The molecule has 190 valence electrons. The van der Waals surface area contributed by atoms with E-state index in [1.807, 2.05) is 34.9 Å². The summed E-state index contributed by atoms with van der Waals surface area (Å²) < 4.78 is 7.39. The van der Waals surface area contributed by atoms with Crippen molar-refractivity contribution in [1.29, 1.82) is 5.41 Å². The van der Waals surface area contributed by atoms with E-state index in [1.54, 1.807) is 11.3 Å². The number of ether oxygens (including phenoxy) is 1. The zero-order valence-electron chi connectivity index (χ0n) is 20.6. The number of fused-ring (bicyclic) bond motifs is 1. The molecule has 0 amide bonds. The third kappa shape index (κ3) is 4.69. The van der Waals surface area contributed by atoms with Crippen molar-refractivity contribution in [2.24, 2.45) is 22.3 Å². The second-order valence-corrected chi connectivity index (χ2v) is 8.97. The Balaban J connectivity index is 1.57. The number of hydrazine groups is 1. The molecule has 1 fully saturated rings. The first-order chi connectivity index (χ1) is 18.0. The largest absolute Gasteiger partial charge is 0.403 e. The number of pyridine rings is 1. The number of amidine groups is 1. The molecule has 37 heavy (non-hydrogen) atoms. The fourth-order valence-corrected chi connectivity index (χ4v) is 4.75. The first-order valence-electron chi connectivity index (χ1n) is 12.0. The van der Waals surface area contributed by atoms with Crippen LogP contribution >= 0.6 is 0 Å². The van der Waals surface area contributed by atoms with E-state index in [0.717, 1.165) is 52.8 Å². The van der Waals surface area contributed by atoms with Crippen LogP contribution in [0, 0.1) is 12.3 Å². The highest BCUT2D eigenvalue weighted by Gasteiger charge is 2.25. The van der Waals surface area contributed by atoms with E-state index in [4.69, 9.17) is 27.5 Å². The van der Waals surface area contributed by atoms with Crippen LogP contribution in [-0.4, -0.2) is 56.0 Å². The summed E-state index contributed by atoms with van der Waals surface area (Å²) in [5, 5.41) is 17.2. The number of aromatic amines is 1. The second-order valence-electron chi connectivity index (χ2n) is 8.97. The molecule has 0 atom stereocenters. The SMILES string of the molecule is Cc1cc2nncn2cc1-c1cccc(-c2cc(/C(=C/N)N(N)C3CCOCC3)c(/C(N)=N\C=N)[nH]2)c1. The first kappa shape index (κ1) is 24.2. The predicted molar refractivity (Wildman–Crippen MR) is 144 cm³/mol. The van der Waals surface area contributed by atoms with Crippen LogP contribution in [0.1, 0.15) is 29.7 Å². The first-order valence-corrected chi connectivity index (χ1v) is 12.0. The van der Waals surface area contributed by atoms with Crippen molar-refractivity contribution in [3.05, 3.63) is 71.9 Å². The smallest absolute Gasteiger partial charge is 0.160 e. The zero-order chi connectivity index (χ0) is 25.9. The van der Waals surface area contributed by atoms with E-state index >= 15 is 0 Å². The van der Waals surface area contributed by atoms with Crippen LogP contribution in [0.5, 0.6) is 0 Å². The normalized spacial score (nSPS) is 15.3. The van der Waals surface area contributed by atoms with Crippen molar-refractivity contribution < 1.29 is 4.74 Å². The molecule has 8 N–H and O–H groups in total. The lowest BCUT2D eigenvalue weighted by atomic mass is 9.99. The van der Waals surface area contributed by atoms with Gasteiger partial charge in [-0.15, -0.1) is 10.2 Å². The molecule has 1 aliphatic heterocycles. The Hall–Kier alpha value is -4.48. The molecule has 1 aliphatic rings. The Labute approximate surface area is 214 Å². The minimum atomic E-state index is 0.0783. The van der Waals surface area contributed by atoms with Crippen LogP contribution in [-0.2, 0) is 4.74 Å². The van der Waals surface area contributed by atoms with Gasteiger partial charge in [0.15, 0.2) is 5.65 Å². The van der Waals surface area contributed by atoms with Crippen LogP contribution in [0.2, 0.25) is 0 Å². The molecule has 3 aromatic heterocycles. The average molecular weight is 499 g/mol. The molecule has 4 aromatic rings. The van der Waals surface area contributed by atoms with Crippen LogP contribution < -0.4 is 17.3 Å². The highest BCUT2D eigenvalue weighted by Crippen LogP contribution is 2.32. The summed E-state index contributed by atoms with van der Waals surface area (Å²) in [5.41, 5.74) is 20.0. The molecule has 4 heterocycles. The van der Waals surface area contributed by atoms with E-state index in [1.165, 1.54) is 6.20 Å². The van der Waals surface area contributed by atoms with Crippen molar-refractivity contribution in [3.63, 3.8) is 0 Å². The fourth-order valence-electron chi connectivity index (χ4n) is 4.75. The third-order valence-electron chi connectivity index (χ3n) is 6.70. The average Bonchev–Trinajstić information content (AvgIpc) is 3.56. The summed E-state index contributed by atoms with van der Waals surface area (Å²) in [6.45, 7) is 3.35. The molecule has 0 radical (unpaired) electrons. The molecule has 0 unspecified atom stereocenters. The highest BCUT2D eigenvalue weighted by molar-refractivity contribution is 6.04. The number of aryl methyl sites for hydroxylation is 1. The topological polar surface area (TPSA) is 173 Å². The van der Waals surface area contributed by atoms with Gasteiger partial charge in [-0.1, -0.05) is 18.2 Å². The Bertz CT molecular complexity index is 1490. The maximum absolute atomic E-state index is 7.40. The van der Waals surface area contributed by atoms with Gasteiger partial charge in [0.2, 0.25) is 0 Å². The van der Waals surface area contributed by atoms with Crippen molar-refractivity contribution in [2.45, 2.75) is 25.8 Å². The van der Waals surface area contributed by atoms with Gasteiger partial charge in [-0.2, -0.15) is 0 Å². The molecular formula is C26H30N10O. The van der Waals surface area contributed by atoms with E-state index in [0.29, 0.717) is 30.2 Å². The maximum atomic E-state index is 7.40. The Morgan fingerprint density at radius 3 is 2.78 bits per heavy atom. The molecule has 0 aliphatic carbocycles. The van der Waals surface area contributed by atoms with Gasteiger partial charge in [-0.25, -0.2) is 10.8 Å². The number of aromatic nitrogens is 4. The fraction of sp³-hybridized carbons (Fsp3) is 0.231. The molecule has 5 rings (SSSR count). The number of aliphatic imine (C=N–C) groups is 1. The van der Waals surface area contributed by atoms with Gasteiger partial charge in [0.1, 0.15) is 18.5 Å². The third-order valence-corrected chi connectivity index (χ3v) is 6.70. The number of nitrogens with two attached hydrogens (primary N) is 3. The van der Waals surface area contributed by atoms with Gasteiger partial charge in [0.05, 0.1) is 11.4 Å². The Morgan fingerprint density at radius 1 is 1.24 bits per heavy atom. The number of nitrogens with zero attached hydrogens (tertiary/aromatic N) is 5. The standard InChI is InChI=1S/C26H30N10O/c1-16-9-24-34-32-15-35(24)13-21(16)17-3-2-4-18(10-17)22-11-20(25(33-22)26(29)31-14-28)23(12-27)36(30)19-5-7-37-8-6-19/h2-4,9-15,19,33H,5-8,27,30H2,1H3,(H3,28,29,31)/b23-12-.